The maximum Gasteiger partial charge on any atom is 0.251 e. The van der Waals surface area contributed by atoms with Gasteiger partial charge in [0.25, 0.3) is 5.91 Å². The highest BCUT2D eigenvalue weighted by molar-refractivity contribution is 6.29. The van der Waals surface area contributed by atoms with Gasteiger partial charge in [-0.05, 0) is 31.9 Å². The van der Waals surface area contributed by atoms with Crippen molar-refractivity contribution in [3.05, 3.63) is 22.8 Å². The molecule has 1 aromatic rings. The number of carbonyl (C=O) groups excluding carboxylic acids is 1. The predicted molar refractivity (Wildman–Crippen MR) is 75.2 cm³/mol. The van der Waals surface area contributed by atoms with Crippen LogP contribution in [0.1, 0.15) is 44.0 Å². The third-order valence-corrected chi connectivity index (χ3v) is 2.93. The molecule has 1 amide bonds. The zero-order valence-electron chi connectivity index (χ0n) is 11.1. The minimum absolute atomic E-state index is 0.104. The van der Waals surface area contributed by atoms with E-state index < -0.39 is 0 Å². The fourth-order valence-electron chi connectivity index (χ4n) is 1.66. The Hall–Kier alpha value is -1.29. The van der Waals surface area contributed by atoms with Gasteiger partial charge in [-0.2, -0.15) is 0 Å². The van der Waals surface area contributed by atoms with Gasteiger partial charge in [0.05, 0.1) is 0 Å². The summed E-state index contributed by atoms with van der Waals surface area (Å²) in [6.07, 6.45) is 1.84. The molecule has 0 aliphatic carbocycles. The number of hydrogen-bond acceptors (Lipinski definition) is 3. The van der Waals surface area contributed by atoms with E-state index in [0.29, 0.717) is 16.5 Å². The molecule has 0 spiro atoms. The molecule has 100 valence electrons. The van der Waals surface area contributed by atoms with Crippen LogP contribution in [0.5, 0.6) is 0 Å². The van der Waals surface area contributed by atoms with Crippen LogP contribution in [-0.4, -0.2) is 23.5 Å². The number of pyridine rings is 1. The van der Waals surface area contributed by atoms with Crippen LogP contribution in [0, 0.1) is 0 Å². The summed E-state index contributed by atoms with van der Waals surface area (Å²) in [7, 11) is 0. The maximum absolute atomic E-state index is 12.1. The Balaban J connectivity index is 2.84. The van der Waals surface area contributed by atoms with E-state index in [1.54, 1.807) is 12.1 Å². The van der Waals surface area contributed by atoms with Gasteiger partial charge in [-0.15, -0.1) is 0 Å². The second-order valence-electron chi connectivity index (χ2n) is 4.08. The van der Waals surface area contributed by atoms with Crippen LogP contribution in [0.25, 0.3) is 0 Å². The molecule has 0 fully saturated rings. The van der Waals surface area contributed by atoms with Crippen LogP contribution < -0.4 is 10.6 Å². The van der Waals surface area contributed by atoms with E-state index in [1.165, 1.54) is 0 Å². The van der Waals surface area contributed by atoms with Gasteiger partial charge < -0.3 is 10.6 Å². The summed E-state index contributed by atoms with van der Waals surface area (Å²) < 4.78 is 0. The lowest BCUT2D eigenvalue weighted by atomic mass is 10.1. The van der Waals surface area contributed by atoms with E-state index >= 15 is 0 Å². The van der Waals surface area contributed by atoms with Crippen molar-refractivity contribution in [3.63, 3.8) is 0 Å². The highest BCUT2D eigenvalue weighted by Gasteiger charge is 2.12. The van der Waals surface area contributed by atoms with Crippen LogP contribution in [0.3, 0.4) is 0 Å². The molecule has 1 heterocycles. The molecule has 0 bridgehead atoms. The first kappa shape index (κ1) is 14.8. The van der Waals surface area contributed by atoms with Gasteiger partial charge in [0.15, 0.2) is 0 Å². The van der Waals surface area contributed by atoms with Gasteiger partial charge in [0, 0.05) is 18.2 Å². The van der Waals surface area contributed by atoms with Crippen molar-refractivity contribution < 1.29 is 4.79 Å². The van der Waals surface area contributed by atoms with E-state index in [1.807, 2.05) is 6.92 Å². The van der Waals surface area contributed by atoms with E-state index in [-0.39, 0.29) is 11.9 Å². The summed E-state index contributed by atoms with van der Waals surface area (Å²) in [4.78, 5) is 16.2. The number of aromatic nitrogens is 1. The second-order valence-corrected chi connectivity index (χ2v) is 4.47. The molecule has 0 aliphatic rings. The second kappa shape index (κ2) is 7.21. The lowest BCUT2D eigenvalue weighted by molar-refractivity contribution is 0.0935. The molecule has 0 aromatic carbocycles. The topological polar surface area (TPSA) is 54.0 Å². The van der Waals surface area contributed by atoms with Crippen LogP contribution in [0.15, 0.2) is 12.1 Å². The molecule has 0 aliphatic heterocycles. The fourth-order valence-corrected chi connectivity index (χ4v) is 1.87. The third-order valence-electron chi connectivity index (χ3n) is 2.73. The van der Waals surface area contributed by atoms with Crippen molar-refractivity contribution >= 4 is 23.3 Å². The minimum Gasteiger partial charge on any atom is -0.370 e. The predicted octanol–water partition coefficient (Wildman–Crippen LogP) is 3.09. The normalized spacial score (nSPS) is 10.5. The average molecular weight is 270 g/mol. The molecule has 4 nitrogen and oxygen atoms in total. The number of nitrogens with one attached hydrogen (secondary N) is 2. The number of rotatable bonds is 6. The standard InChI is InChI=1S/C13H20ClN3O/c1-4-10(5-2)16-13(18)9-7-11(14)17-12(8-9)15-6-3/h7-8,10H,4-6H2,1-3H3,(H,15,17)(H,16,18). The van der Waals surface area contributed by atoms with Crippen molar-refractivity contribution in [3.8, 4) is 0 Å². The van der Waals surface area contributed by atoms with E-state index in [2.05, 4.69) is 29.5 Å². The zero-order valence-corrected chi connectivity index (χ0v) is 11.8. The molecule has 1 aromatic heterocycles. The van der Waals surface area contributed by atoms with E-state index in [4.69, 9.17) is 11.6 Å². The smallest absolute Gasteiger partial charge is 0.251 e. The average Bonchev–Trinajstić information content (AvgIpc) is 2.35. The van der Waals surface area contributed by atoms with Gasteiger partial charge in [0.1, 0.15) is 11.0 Å². The summed E-state index contributed by atoms with van der Waals surface area (Å²) in [6, 6.07) is 3.50. The highest BCUT2D eigenvalue weighted by Crippen LogP contribution is 2.15. The Morgan fingerprint density at radius 1 is 1.33 bits per heavy atom. The van der Waals surface area contributed by atoms with Gasteiger partial charge in [0.2, 0.25) is 0 Å². The van der Waals surface area contributed by atoms with Crippen LogP contribution in [0.2, 0.25) is 5.15 Å². The highest BCUT2D eigenvalue weighted by atomic mass is 35.5. The molecular formula is C13H20ClN3O. The van der Waals surface area contributed by atoms with Gasteiger partial charge >= 0.3 is 0 Å². The molecular weight excluding hydrogens is 250 g/mol. The molecule has 18 heavy (non-hydrogen) atoms. The van der Waals surface area contributed by atoms with Crippen LogP contribution in [-0.2, 0) is 0 Å². The molecule has 2 N–H and O–H groups in total. The molecule has 0 saturated carbocycles. The van der Waals surface area contributed by atoms with Crippen LogP contribution >= 0.6 is 11.6 Å². The summed E-state index contributed by atoms with van der Waals surface area (Å²) >= 11 is 5.90. The summed E-state index contributed by atoms with van der Waals surface area (Å²) in [5.74, 6) is 0.520. The number of hydrogen-bond donors (Lipinski definition) is 2. The summed E-state index contributed by atoms with van der Waals surface area (Å²) in [5.41, 5.74) is 0.540. The third kappa shape index (κ3) is 4.18. The lowest BCUT2D eigenvalue weighted by Crippen LogP contribution is -2.33. The molecule has 0 saturated heterocycles. The van der Waals surface area contributed by atoms with Crippen molar-refractivity contribution in [1.82, 2.24) is 10.3 Å². The van der Waals surface area contributed by atoms with Crippen molar-refractivity contribution in [2.45, 2.75) is 39.7 Å². The SMILES string of the molecule is CCNc1cc(C(=O)NC(CC)CC)cc(Cl)n1. The zero-order chi connectivity index (χ0) is 13.5. The Morgan fingerprint density at radius 3 is 2.56 bits per heavy atom. The van der Waals surface area contributed by atoms with Gasteiger partial charge in [-0.3, -0.25) is 4.79 Å². The number of anilines is 1. The lowest BCUT2D eigenvalue weighted by Gasteiger charge is -2.15. The summed E-state index contributed by atoms with van der Waals surface area (Å²) in [5, 5.41) is 6.35. The first-order valence-electron chi connectivity index (χ1n) is 6.33. The fraction of sp³-hybridized carbons (Fsp3) is 0.538. The molecule has 1 rings (SSSR count). The number of amides is 1. The quantitative estimate of drug-likeness (QED) is 0.781. The molecule has 0 unspecified atom stereocenters. The van der Waals surface area contributed by atoms with E-state index in [0.717, 1.165) is 19.4 Å². The van der Waals surface area contributed by atoms with Crippen molar-refractivity contribution in [1.29, 1.82) is 0 Å². The Bertz CT molecular complexity index is 405. The first-order valence-corrected chi connectivity index (χ1v) is 6.70. The molecule has 0 radical (unpaired) electrons. The first-order chi connectivity index (χ1) is 8.60. The van der Waals surface area contributed by atoms with Crippen LogP contribution in [0.4, 0.5) is 5.82 Å². The van der Waals surface area contributed by atoms with Crippen molar-refractivity contribution in [2.24, 2.45) is 0 Å². The maximum atomic E-state index is 12.1. The van der Waals surface area contributed by atoms with Gasteiger partial charge in [-0.1, -0.05) is 25.4 Å². The van der Waals surface area contributed by atoms with Gasteiger partial charge in [-0.25, -0.2) is 4.98 Å². The summed E-state index contributed by atoms with van der Waals surface area (Å²) in [6.45, 7) is 6.81. The largest absolute Gasteiger partial charge is 0.370 e. The number of carbonyl (C=O) groups is 1. The molecule has 5 heteroatoms. The Kier molecular flexibility index (Phi) is 5.92. The number of halogens is 1. The Labute approximate surface area is 113 Å². The Morgan fingerprint density at radius 2 is 2.00 bits per heavy atom. The molecule has 0 atom stereocenters. The monoisotopic (exact) mass is 269 g/mol. The number of nitrogens with zero attached hydrogens (tertiary/aromatic N) is 1. The van der Waals surface area contributed by atoms with Crippen molar-refractivity contribution in [2.75, 3.05) is 11.9 Å². The van der Waals surface area contributed by atoms with E-state index in [9.17, 15) is 4.79 Å². The minimum atomic E-state index is -0.104.